The van der Waals surface area contributed by atoms with Gasteiger partial charge in [0.25, 0.3) is 0 Å². The number of nitrogens with zero attached hydrogens (tertiary/aromatic N) is 1. The van der Waals surface area contributed by atoms with Crippen molar-refractivity contribution in [3.63, 3.8) is 0 Å². The minimum Gasteiger partial charge on any atom is -0.327 e. The zero-order chi connectivity index (χ0) is 6.43. The van der Waals surface area contributed by atoms with Crippen molar-refractivity contribution in [3.05, 3.63) is 0 Å². The summed E-state index contributed by atoms with van der Waals surface area (Å²) in [5, 5.41) is 0. The molecule has 0 radical (unpaired) electrons. The summed E-state index contributed by atoms with van der Waals surface area (Å²) in [5.74, 6) is 1.73. The van der Waals surface area contributed by atoms with Crippen LogP contribution in [0.25, 0.3) is 0 Å². The molecular weight excluding hydrogens is 112 g/mol. The van der Waals surface area contributed by atoms with Gasteiger partial charge >= 0.3 is 0 Å². The lowest BCUT2D eigenvalue weighted by atomic mass is 10.4. The number of nitrogens with two attached hydrogens (primary N) is 1. The molecule has 2 N–H and O–H groups in total. The second-order valence-electron chi connectivity index (χ2n) is 3.26. The molecule has 2 aliphatic rings. The maximum Gasteiger partial charge on any atom is 0.0127 e. The van der Waals surface area contributed by atoms with Crippen molar-refractivity contribution in [3.8, 4) is 0 Å². The highest BCUT2D eigenvalue weighted by molar-refractivity contribution is 5.08. The molecule has 0 amide bonds. The Hall–Kier alpha value is -0.0800. The summed E-state index contributed by atoms with van der Waals surface area (Å²) in [4.78, 5) is 2.48. The van der Waals surface area contributed by atoms with Crippen molar-refractivity contribution in [1.29, 1.82) is 0 Å². The molecule has 2 nitrogen and oxygen atoms in total. The molecule has 2 fully saturated rings. The molecule has 1 aliphatic carbocycles. The molecule has 2 heteroatoms. The highest BCUT2D eigenvalue weighted by Gasteiger charge is 2.52. The minimum atomic E-state index is 0.563. The molecule has 2 unspecified atom stereocenters. The Morgan fingerprint density at radius 3 is 2.44 bits per heavy atom. The maximum absolute atomic E-state index is 5.76. The summed E-state index contributed by atoms with van der Waals surface area (Å²) >= 11 is 0. The van der Waals surface area contributed by atoms with E-state index in [9.17, 15) is 0 Å². The van der Waals surface area contributed by atoms with Gasteiger partial charge in [0, 0.05) is 19.1 Å². The Morgan fingerprint density at radius 1 is 1.44 bits per heavy atom. The van der Waals surface area contributed by atoms with E-state index in [0.29, 0.717) is 6.04 Å². The largest absolute Gasteiger partial charge is 0.327 e. The van der Waals surface area contributed by atoms with Crippen LogP contribution < -0.4 is 5.73 Å². The second-order valence-corrected chi connectivity index (χ2v) is 3.26. The molecule has 1 saturated heterocycles. The highest BCUT2D eigenvalue weighted by atomic mass is 15.2. The average Bonchev–Trinajstić information content (AvgIpc) is 2.32. The van der Waals surface area contributed by atoms with E-state index in [2.05, 4.69) is 11.8 Å². The first kappa shape index (κ1) is 5.69. The lowest BCUT2D eigenvalue weighted by Crippen LogP contribution is -2.27. The molecule has 0 aromatic carbocycles. The first-order valence-electron chi connectivity index (χ1n) is 3.81. The smallest absolute Gasteiger partial charge is 0.0127 e. The van der Waals surface area contributed by atoms with Crippen LogP contribution in [0.1, 0.15) is 6.92 Å². The lowest BCUT2D eigenvalue weighted by molar-refractivity contribution is 0.314. The van der Waals surface area contributed by atoms with Gasteiger partial charge in [0.1, 0.15) is 0 Å². The molecule has 52 valence electrons. The second kappa shape index (κ2) is 1.70. The minimum absolute atomic E-state index is 0.563. The first-order chi connectivity index (χ1) is 4.33. The van der Waals surface area contributed by atoms with E-state index in [1.807, 2.05) is 0 Å². The summed E-state index contributed by atoms with van der Waals surface area (Å²) in [5.41, 5.74) is 5.76. The average molecular weight is 126 g/mol. The fourth-order valence-corrected chi connectivity index (χ4v) is 1.92. The van der Waals surface area contributed by atoms with Gasteiger partial charge in [-0.25, -0.2) is 0 Å². The topological polar surface area (TPSA) is 29.3 Å². The molecule has 1 saturated carbocycles. The molecule has 1 heterocycles. The summed E-state index contributed by atoms with van der Waals surface area (Å²) in [6.45, 7) is 5.96. The van der Waals surface area contributed by atoms with Crippen molar-refractivity contribution >= 4 is 0 Å². The Morgan fingerprint density at radius 2 is 2.00 bits per heavy atom. The number of likely N-dealkylation sites (tertiary alicyclic amines) is 1. The molecular formula is C7H14N2. The highest BCUT2D eigenvalue weighted by Crippen LogP contribution is 2.43. The molecule has 2 atom stereocenters. The molecule has 1 aliphatic heterocycles. The number of hydrogen-bond donors (Lipinski definition) is 1. The Balaban J connectivity index is 1.89. The first-order valence-corrected chi connectivity index (χ1v) is 3.81. The van der Waals surface area contributed by atoms with E-state index in [4.69, 9.17) is 5.73 Å². The third-order valence-electron chi connectivity index (χ3n) is 2.78. The van der Waals surface area contributed by atoms with E-state index < -0.39 is 0 Å². The van der Waals surface area contributed by atoms with Crippen molar-refractivity contribution in [2.75, 3.05) is 19.6 Å². The van der Waals surface area contributed by atoms with Gasteiger partial charge < -0.3 is 10.6 Å². The Kier molecular flexibility index (Phi) is 1.08. The zero-order valence-electron chi connectivity index (χ0n) is 5.88. The lowest BCUT2D eigenvalue weighted by Gasteiger charge is -2.14. The van der Waals surface area contributed by atoms with Crippen molar-refractivity contribution in [2.45, 2.75) is 13.0 Å². The fourth-order valence-electron chi connectivity index (χ4n) is 1.92. The SMILES string of the molecule is CCN1CC2C(N)C2C1. The van der Waals surface area contributed by atoms with Gasteiger partial charge in [0.2, 0.25) is 0 Å². The molecule has 0 spiro atoms. The predicted molar refractivity (Wildman–Crippen MR) is 37.1 cm³/mol. The molecule has 0 aromatic rings. The molecule has 9 heavy (non-hydrogen) atoms. The standard InChI is InChI=1S/C7H14N2/c1-2-9-3-5-6(4-9)7(5)8/h5-7H,2-4,8H2,1H3. The van der Waals surface area contributed by atoms with Crippen LogP contribution in [0.15, 0.2) is 0 Å². The van der Waals surface area contributed by atoms with Gasteiger partial charge in [-0.15, -0.1) is 0 Å². The fraction of sp³-hybridized carbons (Fsp3) is 1.00. The summed E-state index contributed by atoms with van der Waals surface area (Å²) in [7, 11) is 0. The van der Waals surface area contributed by atoms with Crippen molar-refractivity contribution < 1.29 is 0 Å². The molecule has 0 aromatic heterocycles. The van der Waals surface area contributed by atoms with E-state index in [1.54, 1.807) is 0 Å². The third kappa shape index (κ3) is 0.700. The van der Waals surface area contributed by atoms with Gasteiger partial charge in [0.15, 0.2) is 0 Å². The van der Waals surface area contributed by atoms with Gasteiger partial charge in [-0.3, -0.25) is 0 Å². The van der Waals surface area contributed by atoms with Crippen LogP contribution >= 0.6 is 0 Å². The van der Waals surface area contributed by atoms with Gasteiger partial charge in [0.05, 0.1) is 0 Å². The van der Waals surface area contributed by atoms with E-state index in [-0.39, 0.29) is 0 Å². The molecule has 2 rings (SSSR count). The number of hydrogen-bond acceptors (Lipinski definition) is 2. The van der Waals surface area contributed by atoms with Gasteiger partial charge in [-0.1, -0.05) is 6.92 Å². The van der Waals surface area contributed by atoms with Crippen molar-refractivity contribution in [1.82, 2.24) is 4.90 Å². The van der Waals surface area contributed by atoms with Gasteiger partial charge in [-0.05, 0) is 18.4 Å². The third-order valence-corrected chi connectivity index (χ3v) is 2.78. The van der Waals surface area contributed by atoms with Crippen molar-refractivity contribution in [2.24, 2.45) is 17.6 Å². The van der Waals surface area contributed by atoms with E-state index >= 15 is 0 Å². The predicted octanol–water partition coefficient (Wildman–Crippen LogP) is -0.105. The number of rotatable bonds is 1. The summed E-state index contributed by atoms with van der Waals surface area (Å²) < 4.78 is 0. The van der Waals surface area contributed by atoms with Crippen LogP contribution in [0, 0.1) is 11.8 Å². The van der Waals surface area contributed by atoms with Crippen LogP contribution in [0.4, 0.5) is 0 Å². The zero-order valence-corrected chi connectivity index (χ0v) is 5.88. The molecule has 0 bridgehead atoms. The Bertz CT molecular complexity index is 112. The van der Waals surface area contributed by atoms with Crippen LogP contribution in [0.3, 0.4) is 0 Å². The maximum atomic E-state index is 5.76. The number of fused-ring (bicyclic) bond motifs is 1. The summed E-state index contributed by atoms with van der Waals surface area (Å²) in [6.07, 6.45) is 0. The van der Waals surface area contributed by atoms with Crippen LogP contribution in [-0.2, 0) is 0 Å². The number of piperidine rings is 1. The van der Waals surface area contributed by atoms with E-state index in [0.717, 1.165) is 11.8 Å². The van der Waals surface area contributed by atoms with Crippen LogP contribution in [-0.4, -0.2) is 30.6 Å². The quantitative estimate of drug-likeness (QED) is 0.531. The van der Waals surface area contributed by atoms with E-state index in [1.165, 1.54) is 19.6 Å². The van der Waals surface area contributed by atoms with Crippen LogP contribution in [0.5, 0.6) is 0 Å². The van der Waals surface area contributed by atoms with Gasteiger partial charge in [-0.2, -0.15) is 0 Å². The Labute approximate surface area is 56.0 Å². The normalized spacial score (nSPS) is 49.3. The summed E-state index contributed by atoms with van der Waals surface area (Å²) in [6, 6.07) is 0.563. The van der Waals surface area contributed by atoms with Crippen LogP contribution in [0.2, 0.25) is 0 Å². The monoisotopic (exact) mass is 126 g/mol.